The van der Waals surface area contributed by atoms with E-state index in [9.17, 15) is 5.11 Å². The largest absolute Gasteiger partial charge is 0.497 e. The third kappa shape index (κ3) is 6.73. The van der Waals surface area contributed by atoms with Gasteiger partial charge >= 0.3 is 0 Å². The van der Waals surface area contributed by atoms with E-state index in [0.717, 1.165) is 34.1 Å². The van der Waals surface area contributed by atoms with E-state index in [4.69, 9.17) is 18.7 Å². The van der Waals surface area contributed by atoms with Crippen LogP contribution in [0.2, 0.25) is 0 Å². The Morgan fingerprint density at radius 3 is 2.45 bits per heavy atom. The number of rotatable bonds is 11. The van der Waals surface area contributed by atoms with Gasteiger partial charge in [0.1, 0.15) is 42.3 Å². The van der Waals surface area contributed by atoms with Gasteiger partial charge in [0.2, 0.25) is 0 Å². The summed E-state index contributed by atoms with van der Waals surface area (Å²) in [6.45, 7) is 5.64. The minimum atomic E-state index is -0.603. The Morgan fingerprint density at radius 2 is 1.77 bits per heavy atom. The maximum absolute atomic E-state index is 10.3. The van der Waals surface area contributed by atoms with Crippen molar-refractivity contribution in [2.45, 2.75) is 33.1 Å². The van der Waals surface area contributed by atoms with Gasteiger partial charge in [-0.2, -0.15) is 0 Å². The van der Waals surface area contributed by atoms with Crippen molar-refractivity contribution in [3.8, 4) is 17.2 Å². The van der Waals surface area contributed by atoms with Gasteiger partial charge in [-0.05, 0) is 50.7 Å². The van der Waals surface area contributed by atoms with Crippen molar-refractivity contribution < 1.29 is 23.8 Å². The number of benzene rings is 2. The zero-order chi connectivity index (χ0) is 22.2. The van der Waals surface area contributed by atoms with E-state index >= 15 is 0 Å². The molecule has 1 N–H and O–H groups in total. The number of ether oxygens (including phenoxy) is 3. The fourth-order valence-corrected chi connectivity index (χ4v) is 3.23. The number of nitrogens with zero attached hydrogens (tertiary/aromatic N) is 2. The second kappa shape index (κ2) is 10.8. The minimum Gasteiger partial charge on any atom is -0.497 e. The first-order valence-electron chi connectivity index (χ1n) is 10.2. The molecule has 166 valence electrons. The molecule has 0 unspecified atom stereocenters. The van der Waals surface area contributed by atoms with Crippen molar-refractivity contribution >= 4 is 0 Å². The highest BCUT2D eigenvalue weighted by Crippen LogP contribution is 2.20. The Hall–Kier alpha value is -3.03. The van der Waals surface area contributed by atoms with Crippen LogP contribution in [0.3, 0.4) is 0 Å². The Labute approximate surface area is 183 Å². The molecule has 0 amide bonds. The van der Waals surface area contributed by atoms with Crippen LogP contribution in [0.4, 0.5) is 0 Å². The lowest BCUT2D eigenvalue weighted by molar-refractivity contribution is 0.0743. The lowest BCUT2D eigenvalue weighted by Crippen LogP contribution is -2.32. The Bertz CT molecular complexity index is 935. The van der Waals surface area contributed by atoms with Crippen molar-refractivity contribution in [3.05, 3.63) is 71.1 Å². The molecule has 7 nitrogen and oxygen atoms in total. The normalized spacial score (nSPS) is 12.1. The number of hydrogen-bond donors (Lipinski definition) is 1. The van der Waals surface area contributed by atoms with Crippen LogP contribution in [0.5, 0.6) is 17.2 Å². The second-order valence-electron chi connectivity index (χ2n) is 7.58. The number of aryl methyl sites for hydroxylation is 2. The van der Waals surface area contributed by atoms with Gasteiger partial charge in [0.25, 0.3) is 0 Å². The highest BCUT2D eigenvalue weighted by molar-refractivity contribution is 5.33. The van der Waals surface area contributed by atoms with Crippen LogP contribution >= 0.6 is 0 Å². The molecule has 0 spiro atoms. The summed E-state index contributed by atoms with van der Waals surface area (Å²) in [5.41, 5.74) is 2.96. The predicted molar refractivity (Wildman–Crippen MR) is 118 cm³/mol. The Kier molecular flexibility index (Phi) is 7.92. The van der Waals surface area contributed by atoms with Gasteiger partial charge in [-0.15, -0.1) is 0 Å². The molecule has 2 aromatic carbocycles. The van der Waals surface area contributed by atoms with Crippen LogP contribution in [0.1, 0.15) is 22.6 Å². The van der Waals surface area contributed by atoms with E-state index in [-0.39, 0.29) is 6.61 Å². The molecule has 0 aliphatic heterocycles. The predicted octanol–water partition coefficient (Wildman–Crippen LogP) is 3.75. The van der Waals surface area contributed by atoms with Crippen LogP contribution < -0.4 is 14.2 Å². The molecule has 0 saturated carbocycles. The topological polar surface area (TPSA) is 77.2 Å². The summed E-state index contributed by atoms with van der Waals surface area (Å²) in [5, 5.41) is 14.2. The maximum atomic E-state index is 10.3. The Balaban J connectivity index is 1.42. The van der Waals surface area contributed by atoms with E-state index in [1.807, 2.05) is 63.4 Å². The fraction of sp³-hybridized carbons (Fsp3) is 0.375. The number of methoxy groups -OCH3 is 1. The molecule has 1 aromatic heterocycles. The van der Waals surface area contributed by atoms with Gasteiger partial charge < -0.3 is 23.8 Å². The number of aromatic nitrogens is 1. The van der Waals surface area contributed by atoms with Gasteiger partial charge in [-0.25, -0.2) is 0 Å². The summed E-state index contributed by atoms with van der Waals surface area (Å²) in [5.74, 6) is 2.97. The fourth-order valence-electron chi connectivity index (χ4n) is 3.23. The van der Waals surface area contributed by atoms with Gasteiger partial charge in [-0.1, -0.05) is 23.4 Å². The average Bonchev–Trinajstić information content (AvgIpc) is 3.09. The number of likely N-dealkylation sites (N-methyl/N-ethyl adjacent to an activating group) is 1. The van der Waals surface area contributed by atoms with E-state index in [0.29, 0.717) is 25.4 Å². The molecule has 3 aromatic rings. The monoisotopic (exact) mass is 426 g/mol. The summed E-state index contributed by atoms with van der Waals surface area (Å²) < 4.78 is 21.9. The molecule has 3 rings (SSSR count). The van der Waals surface area contributed by atoms with Gasteiger partial charge in [0.15, 0.2) is 0 Å². The molecule has 0 fully saturated rings. The van der Waals surface area contributed by atoms with Crippen molar-refractivity contribution in [2.75, 3.05) is 27.3 Å². The quantitative estimate of drug-likeness (QED) is 0.500. The Morgan fingerprint density at radius 1 is 1.03 bits per heavy atom. The average molecular weight is 427 g/mol. The van der Waals surface area contributed by atoms with E-state index < -0.39 is 6.10 Å². The second-order valence-corrected chi connectivity index (χ2v) is 7.58. The summed E-state index contributed by atoms with van der Waals surface area (Å²) in [6.07, 6.45) is -0.603. The molecule has 7 heteroatoms. The molecule has 0 bridgehead atoms. The smallest absolute Gasteiger partial charge is 0.140 e. The van der Waals surface area contributed by atoms with Gasteiger partial charge in [0.05, 0.1) is 18.4 Å². The maximum Gasteiger partial charge on any atom is 0.140 e. The summed E-state index contributed by atoms with van der Waals surface area (Å²) in [7, 11) is 3.58. The molecular weight excluding hydrogens is 396 g/mol. The van der Waals surface area contributed by atoms with Crippen molar-refractivity contribution in [3.63, 3.8) is 0 Å². The van der Waals surface area contributed by atoms with Crippen LogP contribution in [0.15, 0.2) is 53.1 Å². The third-order valence-electron chi connectivity index (χ3n) is 4.95. The van der Waals surface area contributed by atoms with Gasteiger partial charge in [-0.3, -0.25) is 4.90 Å². The summed E-state index contributed by atoms with van der Waals surface area (Å²) >= 11 is 0. The van der Waals surface area contributed by atoms with E-state index in [1.54, 1.807) is 13.2 Å². The standard InChI is InChI=1S/C24H30N2O5/c1-17-24(18(2)31-25-17)16-30-21-10-8-19(9-11-21)13-26(3)14-20(27)15-29-23-7-5-6-22(12-23)28-4/h5-12,20,27H,13-16H2,1-4H3/t20-/m1/s1. The van der Waals surface area contributed by atoms with Crippen LogP contribution in [0.25, 0.3) is 0 Å². The first kappa shape index (κ1) is 22.7. The zero-order valence-corrected chi connectivity index (χ0v) is 18.5. The molecule has 0 radical (unpaired) electrons. The van der Waals surface area contributed by atoms with Crippen LogP contribution in [-0.4, -0.2) is 48.6 Å². The SMILES string of the molecule is COc1cccc(OC[C@H](O)CN(C)Cc2ccc(OCc3c(C)noc3C)cc2)c1. The van der Waals surface area contributed by atoms with Crippen molar-refractivity contribution in [1.82, 2.24) is 10.1 Å². The summed E-state index contributed by atoms with van der Waals surface area (Å²) in [6, 6.07) is 15.3. The number of hydrogen-bond acceptors (Lipinski definition) is 7. The molecule has 31 heavy (non-hydrogen) atoms. The van der Waals surface area contributed by atoms with Crippen molar-refractivity contribution in [2.24, 2.45) is 0 Å². The number of aliphatic hydroxyl groups is 1. The van der Waals surface area contributed by atoms with E-state index in [1.165, 1.54) is 0 Å². The first-order chi connectivity index (χ1) is 14.9. The summed E-state index contributed by atoms with van der Waals surface area (Å²) in [4.78, 5) is 2.05. The molecular formula is C24H30N2O5. The molecule has 1 heterocycles. The lowest BCUT2D eigenvalue weighted by atomic mass is 10.2. The van der Waals surface area contributed by atoms with Crippen LogP contribution in [-0.2, 0) is 13.2 Å². The lowest BCUT2D eigenvalue weighted by Gasteiger charge is -2.21. The van der Waals surface area contributed by atoms with Gasteiger partial charge in [0, 0.05) is 19.2 Å². The minimum absolute atomic E-state index is 0.214. The van der Waals surface area contributed by atoms with Crippen LogP contribution in [0, 0.1) is 13.8 Å². The molecule has 0 aliphatic rings. The number of aliphatic hydroxyl groups excluding tert-OH is 1. The van der Waals surface area contributed by atoms with Crippen molar-refractivity contribution in [1.29, 1.82) is 0 Å². The zero-order valence-electron chi connectivity index (χ0n) is 18.5. The molecule has 0 aliphatic carbocycles. The highest BCUT2D eigenvalue weighted by atomic mass is 16.5. The first-order valence-corrected chi connectivity index (χ1v) is 10.2. The van der Waals surface area contributed by atoms with E-state index in [2.05, 4.69) is 10.1 Å². The molecule has 0 saturated heterocycles. The highest BCUT2D eigenvalue weighted by Gasteiger charge is 2.11. The molecule has 1 atom stereocenters. The third-order valence-corrected chi connectivity index (χ3v) is 4.95.